The Bertz CT molecular complexity index is 532. The zero-order valence-electron chi connectivity index (χ0n) is 10.4. The molecule has 0 amide bonds. The van der Waals surface area contributed by atoms with E-state index in [2.05, 4.69) is 0 Å². The molecule has 100 valence electrons. The van der Waals surface area contributed by atoms with Gasteiger partial charge in [0.15, 0.2) is 0 Å². The Morgan fingerprint density at radius 3 is 2.16 bits per heavy atom. The molecule has 2 aromatic carbocycles. The molecule has 0 saturated heterocycles. The largest absolute Gasteiger partial charge is 0.497 e. The molecule has 0 radical (unpaired) electrons. The van der Waals surface area contributed by atoms with E-state index in [4.69, 9.17) is 27.9 Å². The van der Waals surface area contributed by atoms with Gasteiger partial charge in [0, 0.05) is 16.5 Å². The van der Waals surface area contributed by atoms with Crippen LogP contribution in [-0.4, -0.2) is 12.2 Å². The number of aliphatic hydroxyl groups excluding tert-OH is 1. The van der Waals surface area contributed by atoms with Crippen molar-refractivity contribution >= 4 is 23.2 Å². The summed E-state index contributed by atoms with van der Waals surface area (Å²) in [5, 5.41) is 11.2. The Kier molecular flexibility index (Phi) is 4.70. The highest BCUT2D eigenvalue weighted by Crippen LogP contribution is 2.26. The van der Waals surface area contributed by atoms with E-state index in [-0.39, 0.29) is 0 Å². The first-order chi connectivity index (χ1) is 9.08. The van der Waals surface area contributed by atoms with E-state index in [0.29, 0.717) is 22.0 Å². The quantitative estimate of drug-likeness (QED) is 0.912. The average Bonchev–Trinajstić information content (AvgIpc) is 2.38. The van der Waals surface area contributed by atoms with Gasteiger partial charge in [-0.3, -0.25) is 0 Å². The predicted molar refractivity (Wildman–Crippen MR) is 78.1 cm³/mol. The standard InChI is InChI=1S/C15H14Cl2O2/c1-19-14-4-2-10(3-5-14)6-15(18)11-7-12(16)9-13(17)8-11/h2-5,7-9,15,18H,6H2,1H3. The lowest BCUT2D eigenvalue weighted by molar-refractivity contribution is 0.178. The van der Waals surface area contributed by atoms with Crippen molar-refractivity contribution in [3.05, 3.63) is 63.6 Å². The van der Waals surface area contributed by atoms with Gasteiger partial charge in [-0.15, -0.1) is 0 Å². The predicted octanol–water partition coefficient (Wildman–Crippen LogP) is 4.28. The van der Waals surface area contributed by atoms with Crippen molar-refractivity contribution < 1.29 is 9.84 Å². The van der Waals surface area contributed by atoms with Crippen LogP contribution >= 0.6 is 23.2 Å². The summed E-state index contributed by atoms with van der Waals surface area (Å²) in [7, 11) is 1.62. The molecule has 0 aliphatic rings. The van der Waals surface area contributed by atoms with Crippen molar-refractivity contribution in [3.63, 3.8) is 0 Å². The van der Waals surface area contributed by atoms with E-state index >= 15 is 0 Å². The maximum absolute atomic E-state index is 10.2. The van der Waals surface area contributed by atoms with Crippen LogP contribution in [0.4, 0.5) is 0 Å². The lowest BCUT2D eigenvalue weighted by Crippen LogP contribution is -2.02. The maximum Gasteiger partial charge on any atom is 0.118 e. The Hall–Kier alpha value is -1.22. The molecule has 0 spiro atoms. The summed E-state index contributed by atoms with van der Waals surface area (Å²) < 4.78 is 5.09. The first-order valence-corrected chi connectivity index (χ1v) is 6.61. The molecule has 0 aliphatic carbocycles. The molecule has 0 saturated carbocycles. The topological polar surface area (TPSA) is 29.5 Å². The molecule has 1 atom stereocenters. The van der Waals surface area contributed by atoms with Gasteiger partial charge in [0.1, 0.15) is 5.75 Å². The van der Waals surface area contributed by atoms with Gasteiger partial charge < -0.3 is 9.84 Å². The fourth-order valence-corrected chi connectivity index (χ4v) is 2.41. The van der Waals surface area contributed by atoms with Crippen molar-refractivity contribution in [2.45, 2.75) is 12.5 Å². The molecule has 2 aromatic rings. The summed E-state index contributed by atoms with van der Waals surface area (Å²) in [5.74, 6) is 0.795. The summed E-state index contributed by atoms with van der Waals surface area (Å²) in [6, 6.07) is 12.7. The molecule has 0 heterocycles. The molecule has 0 aromatic heterocycles. The first-order valence-electron chi connectivity index (χ1n) is 5.85. The Balaban J connectivity index is 2.13. The van der Waals surface area contributed by atoms with E-state index < -0.39 is 6.10 Å². The monoisotopic (exact) mass is 296 g/mol. The fraction of sp³-hybridized carbons (Fsp3) is 0.200. The SMILES string of the molecule is COc1ccc(CC(O)c2cc(Cl)cc(Cl)c2)cc1. The van der Waals surface area contributed by atoms with Crippen LogP contribution in [0.2, 0.25) is 10.0 Å². The number of hydrogen-bond donors (Lipinski definition) is 1. The number of aliphatic hydroxyl groups is 1. The lowest BCUT2D eigenvalue weighted by atomic mass is 10.0. The van der Waals surface area contributed by atoms with Crippen LogP contribution in [0.1, 0.15) is 17.2 Å². The average molecular weight is 297 g/mol. The highest BCUT2D eigenvalue weighted by molar-refractivity contribution is 6.34. The van der Waals surface area contributed by atoms with E-state index in [1.807, 2.05) is 24.3 Å². The Morgan fingerprint density at radius 2 is 1.63 bits per heavy atom. The van der Waals surface area contributed by atoms with E-state index in [0.717, 1.165) is 11.3 Å². The normalized spacial score (nSPS) is 12.2. The van der Waals surface area contributed by atoms with Gasteiger partial charge in [-0.1, -0.05) is 35.3 Å². The lowest BCUT2D eigenvalue weighted by Gasteiger charge is -2.12. The molecule has 2 nitrogen and oxygen atoms in total. The number of ether oxygens (including phenoxy) is 1. The van der Waals surface area contributed by atoms with Crippen LogP contribution in [0.5, 0.6) is 5.75 Å². The third-order valence-electron chi connectivity index (χ3n) is 2.86. The minimum absolute atomic E-state index is 0.501. The zero-order chi connectivity index (χ0) is 13.8. The van der Waals surface area contributed by atoms with Crippen LogP contribution in [0.25, 0.3) is 0 Å². The minimum Gasteiger partial charge on any atom is -0.497 e. The molecule has 1 unspecified atom stereocenters. The smallest absolute Gasteiger partial charge is 0.118 e. The van der Waals surface area contributed by atoms with Crippen LogP contribution < -0.4 is 4.74 Å². The van der Waals surface area contributed by atoms with Crippen molar-refractivity contribution in [1.29, 1.82) is 0 Å². The Labute approximate surface area is 122 Å². The second-order valence-electron chi connectivity index (χ2n) is 4.27. The van der Waals surface area contributed by atoms with Gasteiger partial charge in [0.05, 0.1) is 13.2 Å². The molecule has 19 heavy (non-hydrogen) atoms. The molecule has 0 bridgehead atoms. The summed E-state index contributed by atoms with van der Waals surface area (Å²) in [4.78, 5) is 0. The van der Waals surface area contributed by atoms with Gasteiger partial charge in [0.2, 0.25) is 0 Å². The van der Waals surface area contributed by atoms with Crippen LogP contribution in [-0.2, 0) is 6.42 Å². The van der Waals surface area contributed by atoms with Crippen molar-refractivity contribution in [2.24, 2.45) is 0 Å². The molecule has 4 heteroatoms. The number of benzene rings is 2. The third kappa shape index (κ3) is 3.87. The number of methoxy groups -OCH3 is 1. The van der Waals surface area contributed by atoms with Crippen molar-refractivity contribution in [3.8, 4) is 5.75 Å². The van der Waals surface area contributed by atoms with Gasteiger partial charge in [-0.05, 0) is 41.5 Å². The van der Waals surface area contributed by atoms with E-state index in [9.17, 15) is 5.11 Å². The van der Waals surface area contributed by atoms with Crippen LogP contribution in [0.15, 0.2) is 42.5 Å². The molecule has 0 aliphatic heterocycles. The Morgan fingerprint density at radius 1 is 1.05 bits per heavy atom. The van der Waals surface area contributed by atoms with Crippen LogP contribution in [0, 0.1) is 0 Å². The van der Waals surface area contributed by atoms with Crippen LogP contribution in [0.3, 0.4) is 0 Å². The summed E-state index contributed by atoms with van der Waals surface area (Å²) in [6.45, 7) is 0. The maximum atomic E-state index is 10.2. The van der Waals surface area contributed by atoms with Crippen molar-refractivity contribution in [1.82, 2.24) is 0 Å². The second kappa shape index (κ2) is 6.29. The van der Waals surface area contributed by atoms with E-state index in [1.165, 1.54) is 0 Å². The minimum atomic E-state index is -0.635. The molecule has 1 N–H and O–H groups in total. The summed E-state index contributed by atoms with van der Waals surface area (Å²) in [6.07, 6.45) is -0.134. The molecular weight excluding hydrogens is 283 g/mol. The van der Waals surface area contributed by atoms with Gasteiger partial charge >= 0.3 is 0 Å². The zero-order valence-corrected chi connectivity index (χ0v) is 11.9. The van der Waals surface area contributed by atoms with Gasteiger partial charge in [0.25, 0.3) is 0 Å². The van der Waals surface area contributed by atoms with E-state index in [1.54, 1.807) is 25.3 Å². The van der Waals surface area contributed by atoms with Gasteiger partial charge in [-0.25, -0.2) is 0 Å². The first kappa shape index (κ1) is 14.2. The number of rotatable bonds is 4. The number of hydrogen-bond acceptors (Lipinski definition) is 2. The number of halogens is 2. The molecular formula is C15H14Cl2O2. The van der Waals surface area contributed by atoms with Gasteiger partial charge in [-0.2, -0.15) is 0 Å². The summed E-state index contributed by atoms with van der Waals surface area (Å²) in [5.41, 5.74) is 1.73. The third-order valence-corrected chi connectivity index (χ3v) is 3.29. The highest BCUT2D eigenvalue weighted by Gasteiger charge is 2.10. The summed E-state index contributed by atoms with van der Waals surface area (Å²) >= 11 is 11.8. The highest BCUT2D eigenvalue weighted by atomic mass is 35.5. The second-order valence-corrected chi connectivity index (χ2v) is 5.14. The molecule has 2 rings (SSSR count). The van der Waals surface area contributed by atoms with Crippen molar-refractivity contribution in [2.75, 3.05) is 7.11 Å². The molecule has 0 fully saturated rings. The fourth-order valence-electron chi connectivity index (χ4n) is 1.87.